The van der Waals surface area contributed by atoms with Crippen molar-refractivity contribution in [3.05, 3.63) is 33.9 Å². The normalized spacial score (nSPS) is 17.7. The average molecular weight is 343 g/mol. The van der Waals surface area contributed by atoms with Crippen LogP contribution in [0.3, 0.4) is 0 Å². The Bertz CT molecular complexity index is 707. The van der Waals surface area contributed by atoms with Crippen LogP contribution in [0, 0.1) is 5.41 Å². The van der Waals surface area contributed by atoms with Crippen LogP contribution in [-0.2, 0) is 15.8 Å². The predicted molar refractivity (Wildman–Crippen MR) is 85.8 cm³/mol. The van der Waals surface area contributed by atoms with Crippen molar-refractivity contribution in [3.63, 3.8) is 0 Å². The number of anilines is 1. The highest BCUT2D eigenvalue weighted by atomic mass is 31.2. The Labute approximate surface area is 134 Å². The van der Waals surface area contributed by atoms with Gasteiger partial charge in [0.1, 0.15) is 12.2 Å². The topological polar surface area (TPSA) is 128 Å². The van der Waals surface area contributed by atoms with Gasteiger partial charge in [-0.1, -0.05) is 11.1 Å². The smallest absolute Gasteiger partial charge is 0.350 e. The molecule has 0 amide bonds. The molecule has 9 heteroatoms. The van der Waals surface area contributed by atoms with Gasteiger partial charge in [-0.25, -0.2) is 4.79 Å². The third kappa shape index (κ3) is 4.75. The molecule has 1 heterocycles. The van der Waals surface area contributed by atoms with Crippen molar-refractivity contribution in [1.82, 2.24) is 9.55 Å². The Hall–Kier alpha value is -1.47. The Balaban J connectivity index is 2.18. The monoisotopic (exact) mass is 343 g/mol. The van der Waals surface area contributed by atoms with Gasteiger partial charge in [0.2, 0.25) is 0 Å². The van der Waals surface area contributed by atoms with Gasteiger partial charge in [0, 0.05) is 18.2 Å². The summed E-state index contributed by atoms with van der Waals surface area (Å²) in [7, 11) is -4.21. The number of nitrogens with zero attached hydrogens (tertiary/aromatic N) is 2. The number of allylic oxidation sites excluding steroid dienone is 2. The van der Waals surface area contributed by atoms with Crippen LogP contribution in [0.2, 0.25) is 0 Å². The van der Waals surface area contributed by atoms with Gasteiger partial charge in [-0.15, -0.1) is 0 Å². The molecule has 128 valence electrons. The summed E-state index contributed by atoms with van der Waals surface area (Å²) in [6.45, 7) is 4.55. The molecule has 0 aromatic carbocycles. The molecule has 0 aliphatic heterocycles. The Morgan fingerprint density at radius 2 is 2.00 bits per heavy atom. The number of hydrogen-bond donors (Lipinski definition) is 3. The molecule has 0 bridgehead atoms. The van der Waals surface area contributed by atoms with Crippen LogP contribution in [0.25, 0.3) is 0 Å². The van der Waals surface area contributed by atoms with Gasteiger partial charge < -0.3 is 20.3 Å². The van der Waals surface area contributed by atoms with Crippen LogP contribution < -0.4 is 11.4 Å². The highest BCUT2D eigenvalue weighted by Crippen LogP contribution is 2.44. The second kappa shape index (κ2) is 6.57. The van der Waals surface area contributed by atoms with E-state index in [-0.39, 0.29) is 12.4 Å². The first-order valence-corrected chi connectivity index (χ1v) is 9.01. The molecule has 1 aliphatic rings. The van der Waals surface area contributed by atoms with Crippen molar-refractivity contribution in [2.24, 2.45) is 5.41 Å². The van der Waals surface area contributed by atoms with Gasteiger partial charge >= 0.3 is 13.3 Å². The summed E-state index contributed by atoms with van der Waals surface area (Å²) >= 11 is 0. The maximum Gasteiger partial charge on any atom is 0.350 e. The van der Waals surface area contributed by atoms with Gasteiger partial charge in [0.25, 0.3) is 0 Å². The Morgan fingerprint density at radius 3 is 2.52 bits per heavy atom. The predicted octanol–water partition coefficient (Wildman–Crippen LogP) is 1.09. The lowest BCUT2D eigenvalue weighted by atomic mass is 9.84. The summed E-state index contributed by atoms with van der Waals surface area (Å²) in [6, 6.07) is 1.55. The summed E-state index contributed by atoms with van der Waals surface area (Å²) < 4.78 is 17.7. The first kappa shape index (κ1) is 17.9. The average Bonchev–Trinajstić information content (AvgIpc) is 2.67. The van der Waals surface area contributed by atoms with Gasteiger partial charge in [-0.05, 0) is 32.8 Å². The highest BCUT2D eigenvalue weighted by Gasteiger charge is 2.37. The van der Waals surface area contributed by atoms with Crippen molar-refractivity contribution >= 4 is 13.4 Å². The maximum atomic E-state index is 12.0. The SMILES string of the molecule is CC1=C(C)CC(COCP(=O)(O)O)(Cn2ccc(N)nc2=O)C1. The van der Waals surface area contributed by atoms with Crippen LogP contribution in [0.1, 0.15) is 26.7 Å². The first-order chi connectivity index (χ1) is 10.6. The quantitative estimate of drug-likeness (QED) is 0.521. The summed E-state index contributed by atoms with van der Waals surface area (Å²) in [5, 5.41) is 0. The van der Waals surface area contributed by atoms with Gasteiger partial charge in [-0.2, -0.15) is 4.98 Å². The van der Waals surface area contributed by atoms with Crippen molar-refractivity contribution < 1.29 is 19.1 Å². The molecule has 0 radical (unpaired) electrons. The molecule has 0 spiro atoms. The molecule has 2 rings (SSSR count). The lowest BCUT2D eigenvalue weighted by Crippen LogP contribution is -2.35. The van der Waals surface area contributed by atoms with Crippen molar-refractivity contribution in [3.8, 4) is 0 Å². The number of rotatable bonds is 6. The fraction of sp³-hybridized carbons (Fsp3) is 0.571. The first-order valence-electron chi connectivity index (χ1n) is 7.21. The fourth-order valence-corrected chi connectivity index (χ4v) is 3.38. The Kier molecular flexibility index (Phi) is 5.10. The Morgan fingerprint density at radius 1 is 1.39 bits per heavy atom. The maximum absolute atomic E-state index is 12.0. The van der Waals surface area contributed by atoms with Gasteiger partial charge in [0.15, 0.2) is 0 Å². The zero-order valence-electron chi connectivity index (χ0n) is 13.2. The number of ether oxygens (including phenoxy) is 1. The van der Waals surface area contributed by atoms with E-state index in [1.807, 2.05) is 13.8 Å². The van der Waals surface area contributed by atoms with E-state index >= 15 is 0 Å². The molecular weight excluding hydrogens is 321 g/mol. The van der Waals surface area contributed by atoms with Crippen LogP contribution >= 0.6 is 7.60 Å². The van der Waals surface area contributed by atoms with Crippen LogP contribution in [-0.4, -0.2) is 32.3 Å². The molecule has 1 aromatic rings. The minimum absolute atomic E-state index is 0.156. The summed E-state index contributed by atoms with van der Waals surface area (Å²) in [5.74, 6) is 0.162. The molecule has 4 N–H and O–H groups in total. The number of nitrogen functional groups attached to an aromatic ring is 1. The van der Waals surface area contributed by atoms with E-state index in [0.29, 0.717) is 19.4 Å². The molecule has 1 aromatic heterocycles. The molecule has 0 atom stereocenters. The largest absolute Gasteiger partial charge is 0.383 e. The lowest BCUT2D eigenvalue weighted by molar-refractivity contribution is 0.0530. The molecule has 0 fully saturated rings. The fourth-order valence-electron chi connectivity index (χ4n) is 3.05. The number of nitrogens with two attached hydrogens (primary N) is 1. The number of hydrogen-bond acceptors (Lipinski definition) is 5. The third-order valence-corrected chi connectivity index (χ3v) is 4.60. The molecule has 0 saturated carbocycles. The molecule has 8 nitrogen and oxygen atoms in total. The van der Waals surface area contributed by atoms with Gasteiger partial charge in [0.05, 0.1) is 6.61 Å². The molecular formula is C14H22N3O5P. The lowest BCUT2D eigenvalue weighted by Gasteiger charge is -2.30. The van der Waals surface area contributed by atoms with E-state index in [1.165, 1.54) is 15.7 Å². The summed E-state index contributed by atoms with van der Waals surface area (Å²) in [4.78, 5) is 33.6. The molecule has 0 saturated heterocycles. The number of aromatic nitrogens is 2. The van der Waals surface area contributed by atoms with E-state index in [1.54, 1.807) is 12.3 Å². The van der Waals surface area contributed by atoms with Crippen molar-refractivity contribution in [2.45, 2.75) is 33.2 Å². The molecule has 0 unspecified atom stereocenters. The standard InChI is InChI=1S/C14H22N3O5P/c1-10-5-14(6-11(10)2,8-22-9-23(19,20)21)7-17-4-3-12(15)16-13(17)18/h3-4H,5-9H2,1-2H3,(H2,15,16,18)(H2,19,20,21). The van der Waals surface area contributed by atoms with E-state index in [0.717, 1.165) is 0 Å². The van der Waals surface area contributed by atoms with E-state index in [2.05, 4.69) is 4.98 Å². The van der Waals surface area contributed by atoms with E-state index < -0.39 is 25.0 Å². The van der Waals surface area contributed by atoms with Crippen LogP contribution in [0.5, 0.6) is 0 Å². The summed E-state index contributed by atoms with van der Waals surface area (Å²) in [6.07, 6.45) is 2.37. The highest BCUT2D eigenvalue weighted by molar-refractivity contribution is 7.51. The minimum Gasteiger partial charge on any atom is -0.383 e. The summed E-state index contributed by atoms with van der Waals surface area (Å²) in [5.41, 5.74) is 7.06. The van der Waals surface area contributed by atoms with E-state index in [9.17, 15) is 9.36 Å². The molecule has 1 aliphatic carbocycles. The zero-order chi connectivity index (χ0) is 17.3. The second-order valence-corrected chi connectivity index (χ2v) is 7.91. The van der Waals surface area contributed by atoms with E-state index in [4.69, 9.17) is 20.3 Å². The van der Waals surface area contributed by atoms with Crippen molar-refractivity contribution in [1.29, 1.82) is 0 Å². The minimum atomic E-state index is -4.21. The molecule has 23 heavy (non-hydrogen) atoms. The second-order valence-electron chi connectivity index (χ2n) is 6.32. The zero-order valence-corrected chi connectivity index (χ0v) is 14.1. The van der Waals surface area contributed by atoms with Gasteiger partial charge in [-0.3, -0.25) is 9.13 Å². The van der Waals surface area contributed by atoms with Crippen LogP contribution in [0.15, 0.2) is 28.2 Å². The van der Waals surface area contributed by atoms with Crippen LogP contribution in [0.4, 0.5) is 5.82 Å². The van der Waals surface area contributed by atoms with Crippen molar-refractivity contribution in [2.75, 3.05) is 18.7 Å². The third-order valence-electron chi connectivity index (χ3n) is 4.08.